The third kappa shape index (κ3) is 4.17. The molecule has 0 saturated heterocycles. The van der Waals surface area contributed by atoms with Gasteiger partial charge < -0.3 is 20.7 Å². The minimum atomic E-state index is -0.566. The van der Waals surface area contributed by atoms with Crippen molar-refractivity contribution in [3.8, 4) is 0 Å². The molecule has 0 aliphatic heterocycles. The van der Waals surface area contributed by atoms with Crippen molar-refractivity contribution in [2.45, 2.75) is 6.92 Å². The van der Waals surface area contributed by atoms with Crippen LogP contribution in [0, 0.1) is 0 Å². The molecule has 1 aromatic rings. The molecule has 0 bridgehead atoms. The molecule has 0 aromatic heterocycles. The van der Waals surface area contributed by atoms with Crippen LogP contribution in [0.25, 0.3) is 0 Å². The predicted molar refractivity (Wildman–Crippen MR) is 74.1 cm³/mol. The number of rotatable bonds is 5. The molecule has 0 aliphatic carbocycles. The van der Waals surface area contributed by atoms with E-state index in [2.05, 4.69) is 5.32 Å². The molecule has 104 valence electrons. The van der Waals surface area contributed by atoms with E-state index in [1.54, 1.807) is 19.1 Å². The van der Waals surface area contributed by atoms with Gasteiger partial charge in [-0.15, -0.1) is 0 Å². The van der Waals surface area contributed by atoms with Gasteiger partial charge in [-0.2, -0.15) is 0 Å². The summed E-state index contributed by atoms with van der Waals surface area (Å²) >= 11 is 0. The summed E-state index contributed by atoms with van der Waals surface area (Å²) in [7, 11) is 3.72. The van der Waals surface area contributed by atoms with Gasteiger partial charge >= 0.3 is 5.97 Å². The first-order valence-electron chi connectivity index (χ1n) is 5.96. The number of nitrogen functional groups attached to an aromatic ring is 1. The number of nitrogens with two attached hydrogens (primary N) is 1. The van der Waals surface area contributed by atoms with Crippen molar-refractivity contribution in [2.24, 2.45) is 0 Å². The van der Waals surface area contributed by atoms with Crippen molar-refractivity contribution in [3.05, 3.63) is 23.8 Å². The van der Waals surface area contributed by atoms with Crippen LogP contribution >= 0.6 is 0 Å². The number of nitrogens with zero attached hydrogens (tertiary/aromatic N) is 1. The van der Waals surface area contributed by atoms with Crippen LogP contribution in [0.5, 0.6) is 0 Å². The molecule has 0 atom stereocenters. The molecule has 0 aliphatic rings. The fourth-order valence-corrected chi connectivity index (χ4v) is 1.55. The van der Waals surface area contributed by atoms with Gasteiger partial charge in [-0.1, -0.05) is 0 Å². The van der Waals surface area contributed by atoms with Crippen LogP contribution in [0.3, 0.4) is 0 Å². The molecule has 0 spiro atoms. The molecule has 1 amide bonds. The molecule has 0 heterocycles. The van der Waals surface area contributed by atoms with E-state index in [9.17, 15) is 9.59 Å². The molecular formula is C13H19N3O3. The van der Waals surface area contributed by atoms with Crippen LogP contribution in [-0.4, -0.2) is 39.1 Å². The zero-order valence-corrected chi connectivity index (χ0v) is 11.4. The van der Waals surface area contributed by atoms with Crippen molar-refractivity contribution >= 4 is 23.3 Å². The highest BCUT2D eigenvalue weighted by molar-refractivity contribution is 5.93. The summed E-state index contributed by atoms with van der Waals surface area (Å²) in [6.45, 7) is 2.00. The lowest BCUT2D eigenvalue weighted by molar-refractivity contribution is -0.124. The standard InChI is InChI=1S/C13H19N3O3/c1-4-15-12(17)8-19-13(18)9-5-6-11(16(2)3)10(14)7-9/h5-7H,4,8,14H2,1-3H3,(H,15,17). The molecule has 19 heavy (non-hydrogen) atoms. The highest BCUT2D eigenvalue weighted by Gasteiger charge is 2.12. The number of hydrogen-bond acceptors (Lipinski definition) is 5. The normalized spacial score (nSPS) is 9.84. The maximum absolute atomic E-state index is 11.7. The fourth-order valence-electron chi connectivity index (χ4n) is 1.55. The van der Waals surface area contributed by atoms with Gasteiger partial charge in [-0.3, -0.25) is 4.79 Å². The molecule has 0 saturated carbocycles. The number of carbonyl (C=O) groups excluding carboxylic acids is 2. The van der Waals surface area contributed by atoms with E-state index in [1.807, 2.05) is 19.0 Å². The summed E-state index contributed by atoms with van der Waals surface area (Å²) in [6, 6.07) is 4.89. The third-order valence-electron chi connectivity index (χ3n) is 2.45. The van der Waals surface area contributed by atoms with Crippen LogP contribution < -0.4 is 16.0 Å². The maximum Gasteiger partial charge on any atom is 0.338 e. The number of amides is 1. The van der Waals surface area contributed by atoms with Crippen molar-refractivity contribution in [3.63, 3.8) is 0 Å². The second-order valence-corrected chi connectivity index (χ2v) is 4.20. The molecule has 1 rings (SSSR count). The second-order valence-electron chi connectivity index (χ2n) is 4.20. The van der Waals surface area contributed by atoms with Crippen LogP contribution in [0.15, 0.2) is 18.2 Å². The van der Waals surface area contributed by atoms with E-state index in [0.717, 1.165) is 5.69 Å². The lowest BCUT2D eigenvalue weighted by Gasteiger charge is -2.15. The average Bonchev–Trinajstić information content (AvgIpc) is 2.35. The molecule has 6 nitrogen and oxygen atoms in total. The number of ether oxygens (including phenoxy) is 1. The molecular weight excluding hydrogens is 246 g/mol. The molecule has 3 N–H and O–H groups in total. The largest absolute Gasteiger partial charge is 0.452 e. The first-order valence-corrected chi connectivity index (χ1v) is 5.96. The SMILES string of the molecule is CCNC(=O)COC(=O)c1ccc(N(C)C)c(N)c1. The molecule has 6 heteroatoms. The Balaban J connectivity index is 2.68. The summed E-state index contributed by atoms with van der Waals surface area (Å²) in [5.74, 6) is -0.892. The number of anilines is 2. The van der Waals surface area contributed by atoms with E-state index in [1.165, 1.54) is 6.07 Å². The van der Waals surface area contributed by atoms with E-state index in [0.29, 0.717) is 17.8 Å². The highest BCUT2D eigenvalue weighted by atomic mass is 16.5. The zero-order chi connectivity index (χ0) is 14.4. The monoisotopic (exact) mass is 265 g/mol. The fraction of sp³-hybridized carbons (Fsp3) is 0.385. The second kappa shape index (κ2) is 6.63. The summed E-state index contributed by atoms with van der Waals surface area (Å²) in [4.78, 5) is 24.7. The molecule has 0 radical (unpaired) electrons. The topological polar surface area (TPSA) is 84.7 Å². The zero-order valence-electron chi connectivity index (χ0n) is 11.4. The lowest BCUT2D eigenvalue weighted by atomic mass is 10.1. The number of nitrogens with one attached hydrogen (secondary N) is 1. The summed E-state index contributed by atoms with van der Waals surface area (Å²) in [6.07, 6.45) is 0. The number of carbonyl (C=O) groups is 2. The van der Waals surface area contributed by atoms with Gasteiger partial charge in [-0.05, 0) is 25.1 Å². The Morgan fingerprint density at radius 1 is 1.37 bits per heavy atom. The van der Waals surface area contributed by atoms with Crippen LogP contribution in [0.1, 0.15) is 17.3 Å². The van der Waals surface area contributed by atoms with E-state index < -0.39 is 5.97 Å². The first-order chi connectivity index (χ1) is 8.95. The van der Waals surface area contributed by atoms with Gasteiger partial charge in [0.1, 0.15) is 0 Å². The number of benzene rings is 1. The van der Waals surface area contributed by atoms with E-state index in [4.69, 9.17) is 10.5 Å². The Morgan fingerprint density at radius 2 is 2.05 bits per heavy atom. The van der Waals surface area contributed by atoms with Gasteiger partial charge in [0.2, 0.25) is 0 Å². The van der Waals surface area contributed by atoms with Crippen molar-refractivity contribution < 1.29 is 14.3 Å². The summed E-state index contributed by atoms with van der Waals surface area (Å²) < 4.78 is 4.88. The number of esters is 1. The third-order valence-corrected chi connectivity index (χ3v) is 2.45. The Labute approximate surface area is 112 Å². The average molecular weight is 265 g/mol. The quantitative estimate of drug-likeness (QED) is 0.602. The van der Waals surface area contributed by atoms with Gasteiger partial charge in [0, 0.05) is 20.6 Å². The van der Waals surface area contributed by atoms with Crippen LogP contribution in [0.2, 0.25) is 0 Å². The predicted octanol–water partition coefficient (Wildman–Crippen LogP) is 0.628. The van der Waals surface area contributed by atoms with Gasteiger partial charge in [0.05, 0.1) is 16.9 Å². The van der Waals surface area contributed by atoms with Crippen molar-refractivity contribution in [1.82, 2.24) is 5.32 Å². The minimum absolute atomic E-state index is 0.290. The van der Waals surface area contributed by atoms with Crippen molar-refractivity contribution in [2.75, 3.05) is 37.9 Å². The lowest BCUT2D eigenvalue weighted by Crippen LogP contribution is -2.28. The molecule has 0 fully saturated rings. The minimum Gasteiger partial charge on any atom is -0.452 e. The smallest absolute Gasteiger partial charge is 0.338 e. The van der Waals surface area contributed by atoms with Gasteiger partial charge in [0.15, 0.2) is 6.61 Å². The maximum atomic E-state index is 11.7. The van der Waals surface area contributed by atoms with Crippen LogP contribution in [0.4, 0.5) is 11.4 Å². The van der Waals surface area contributed by atoms with Crippen LogP contribution in [-0.2, 0) is 9.53 Å². The Bertz CT molecular complexity index is 472. The summed E-state index contributed by atoms with van der Waals surface area (Å²) in [5, 5.41) is 2.54. The number of hydrogen-bond donors (Lipinski definition) is 2. The molecule has 1 aromatic carbocycles. The van der Waals surface area contributed by atoms with Gasteiger partial charge in [-0.25, -0.2) is 4.79 Å². The van der Waals surface area contributed by atoms with Crippen molar-refractivity contribution in [1.29, 1.82) is 0 Å². The van der Waals surface area contributed by atoms with E-state index in [-0.39, 0.29) is 12.5 Å². The number of likely N-dealkylation sites (N-methyl/N-ethyl adjacent to an activating group) is 1. The Morgan fingerprint density at radius 3 is 2.58 bits per heavy atom. The highest BCUT2D eigenvalue weighted by Crippen LogP contribution is 2.22. The Hall–Kier alpha value is -2.24. The summed E-state index contributed by atoms with van der Waals surface area (Å²) in [5.41, 5.74) is 7.46. The van der Waals surface area contributed by atoms with E-state index >= 15 is 0 Å². The van der Waals surface area contributed by atoms with Gasteiger partial charge in [0.25, 0.3) is 5.91 Å². The first kappa shape index (κ1) is 14.8. The molecule has 0 unspecified atom stereocenters. The Kier molecular flexibility index (Phi) is 5.17.